The summed E-state index contributed by atoms with van der Waals surface area (Å²) in [6, 6.07) is 9.26. The van der Waals surface area contributed by atoms with Gasteiger partial charge in [-0.25, -0.2) is 4.39 Å². The Labute approximate surface area is 192 Å². The Morgan fingerprint density at radius 2 is 2.06 bits per heavy atom. The topological polar surface area (TPSA) is 51.1 Å². The zero-order chi connectivity index (χ0) is 23.1. The van der Waals surface area contributed by atoms with E-state index in [9.17, 15) is 4.39 Å². The average molecular weight is 441 g/mol. The van der Waals surface area contributed by atoms with Crippen molar-refractivity contribution in [3.8, 4) is 29.6 Å². The van der Waals surface area contributed by atoms with Crippen LogP contribution in [0.3, 0.4) is 0 Å². The highest BCUT2D eigenvalue weighted by molar-refractivity contribution is 6.03. The zero-order valence-corrected chi connectivity index (χ0v) is 19.0. The summed E-state index contributed by atoms with van der Waals surface area (Å²) in [5, 5.41) is 2.43. The third-order valence-corrected chi connectivity index (χ3v) is 6.47. The van der Waals surface area contributed by atoms with Crippen LogP contribution >= 0.6 is 0 Å². The zero-order valence-electron chi connectivity index (χ0n) is 19.0. The fourth-order valence-electron chi connectivity index (χ4n) is 4.86. The van der Waals surface area contributed by atoms with E-state index in [-0.39, 0.29) is 5.56 Å². The Balaban J connectivity index is 1.77. The number of hydrogen-bond donors (Lipinski definition) is 0. The molecule has 33 heavy (non-hydrogen) atoms. The Morgan fingerprint density at radius 1 is 1.21 bits per heavy atom. The number of hydrogen-bond acceptors (Lipinski definition) is 5. The third kappa shape index (κ3) is 3.54. The normalized spacial score (nSPS) is 16.2. The number of aromatic nitrogens is 3. The lowest BCUT2D eigenvalue weighted by Gasteiger charge is -2.32. The Bertz CT molecular complexity index is 1430. The molecule has 0 aliphatic carbocycles. The predicted octanol–water partition coefficient (Wildman–Crippen LogP) is 5.52. The van der Waals surface area contributed by atoms with Gasteiger partial charge in [-0.3, -0.25) is 4.98 Å². The van der Waals surface area contributed by atoms with Crippen LogP contribution in [0, 0.1) is 31.0 Å². The molecule has 0 saturated carbocycles. The van der Waals surface area contributed by atoms with E-state index in [1.807, 2.05) is 31.3 Å². The molecule has 3 heterocycles. The summed E-state index contributed by atoms with van der Waals surface area (Å²) >= 11 is 0. The third-order valence-electron chi connectivity index (χ3n) is 6.47. The minimum absolute atomic E-state index is 0.243. The largest absolute Gasteiger partial charge is 0.467 e. The molecular formula is C27H25FN4O. The Kier molecular flexibility index (Phi) is 5.33. The van der Waals surface area contributed by atoms with Gasteiger partial charge in [-0.05, 0) is 37.1 Å². The summed E-state index contributed by atoms with van der Waals surface area (Å²) in [5.74, 6) is 3.55. The number of anilines is 1. The molecule has 6 heteroatoms. The number of piperidine rings is 1. The lowest BCUT2D eigenvalue weighted by molar-refractivity contribution is 0.380. The first-order valence-electron chi connectivity index (χ1n) is 11.2. The number of benzene rings is 2. The molecule has 166 valence electrons. The smallest absolute Gasteiger partial charge is 0.318 e. The summed E-state index contributed by atoms with van der Waals surface area (Å²) in [7, 11) is 1.58. The SMILES string of the molecule is C#Cc1c(F)ccc2cccc(-c3ncc4c(N5CCCC(C)C5)nc(OC)nc4c3C)c12. The quantitative estimate of drug-likeness (QED) is 0.393. The van der Waals surface area contributed by atoms with E-state index in [1.54, 1.807) is 13.2 Å². The molecule has 0 spiro atoms. The molecule has 2 aromatic carbocycles. The maximum absolute atomic E-state index is 14.6. The molecule has 1 saturated heterocycles. The van der Waals surface area contributed by atoms with Gasteiger partial charge in [0.05, 0.1) is 29.3 Å². The second-order valence-electron chi connectivity index (χ2n) is 8.69. The lowest BCUT2D eigenvalue weighted by atomic mass is 9.94. The predicted molar refractivity (Wildman–Crippen MR) is 130 cm³/mol. The van der Waals surface area contributed by atoms with Crippen molar-refractivity contribution in [2.24, 2.45) is 5.92 Å². The van der Waals surface area contributed by atoms with E-state index < -0.39 is 5.82 Å². The number of halogens is 1. The fraction of sp³-hybridized carbons (Fsp3) is 0.296. The molecule has 0 amide bonds. The maximum Gasteiger partial charge on any atom is 0.318 e. The van der Waals surface area contributed by atoms with Gasteiger partial charge in [-0.15, -0.1) is 6.42 Å². The minimum Gasteiger partial charge on any atom is -0.467 e. The van der Waals surface area contributed by atoms with Gasteiger partial charge in [0.2, 0.25) is 0 Å². The van der Waals surface area contributed by atoms with E-state index in [1.165, 1.54) is 12.5 Å². The summed E-state index contributed by atoms with van der Waals surface area (Å²) < 4.78 is 20.0. The van der Waals surface area contributed by atoms with Crippen LogP contribution in [-0.4, -0.2) is 35.2 Å². The second-order valence-corrected chi connectivity index (χ2v) is 8.69. The summed E-state index contributed by atoms with van der Waals surface area (Å²) in [5.41, 5.74) is 3.39. The van der Waals surface area contributed by atoms with Crippen LogP contribution in [0.25, 0.3) is 32.9 Å². The van der Waals surface area contributed by atoms with Gasteiger partial charge in [-0.1, -0.05) is 37.1 Å². The number of methoxy groups -OCH3 is 1. The van der Waals surface area contributed by atoms with Crippen LogP contribution in [0.2, 0.25) is 0 Å². The first-order valence-corrected chi connectivity index (χ1v) is 11.2. The van der Waals surface area contributed by atoms with Crippen molar-refractivity contribution in [1.29, 1.82) is 0 Å². The van der Waals surface area contributed by atoms with E-state index in [4.69, 9.17) is 16.1 Å². The van der Waals surface area contributed by atoms with Crippen molar-refractivity contribution in [1.82, 2.24) is 15.0 Å². The van der Waals surface area contributed by atoms with Crippen LogP contribution < -0.4 is 9.64 Å². The molecule has 0 radical (unpaired) electrons. The lowest BCUT2D eigenvalue weighted by Crippen LogP contribution is -2.35. The highest BCUT2D eigenvalue weighted by Gasteiger charge is 2.23. The van der Waals surface area contributed by atoms with Gasteiger partial charge < -0.3 is 9.64 Å². The number of pyridine rings is 1. The van der Waals surface area contributed by atoms with Crippen molar-refractivity contribution in [2.45, 2.75) is 26.7 Å². The first kappa shape index (κ1) is 21.1. The number of rotatable bonds is 3. The standard InChI is InChI=1S/C27H25FN4O/c1-5-19-22(28)12-11-18-9-6-10-20(23(18)19)24-17(3)25-21(14-29-24)26(31-27(30-25)33-4)32-13-7-8-16(2)15-32/h1,6,9-12,14,16H,7-8,13,15H2,2-4H3. The van der Waals surface area contributed by atoms with Crippen molar-refractivity contribution in [3.05, 3.63) is 53.5 Å². The van der Waals surface area contributed by atoms with Gasteiger partial charge in [0, 0.05) is 35.8 Å². The monoisotopic (exact) mass is 440 g/mol. The molecule has 1 unspecified atom stereocenters. The molecule has 1 aliphatic heterocycles. The number of nitrogens with zero attached hydrogens (tertiary/aromatic N) is 4. The summed E-state index contributed by atoms with van der Waals surface area (Å²) in [4.78, 5) is 16.5. The average Bonchev–Trinajstić information content (AvgIpc) is 2.83. The van der Waals surface area contributed by atoms with Gasteiger partial charge in [0.1, 0.15) is 11.6 Å². The van der Waals surface area contributed by atoms with Crippen molar-refractivity contribution in [3.63, 3.8) is 0 Å². The minimum atomic E-state index is -0.415. The van der Waals surface area contributed by atoms with Crippen LogP contribution in [0.5, 0.6) is 6.01 Å². The van der Waals surface area contributed by atoms with E-state index in [2.05, 4.69) is 27.7 Å². The summed E-state index contributed by atoms with van der Waals surface area (Å²) in [6.45, 7) is 6.11. The molecule has 5 nitrogen and oxygen atoms in total. The van der Waals surface area contributed by atoms with Crippen LogP contribution in [-0.2, 0) is 0 Å². The van der Waals surface area contributed by atoms with E-state index in [0.717, 1.165) is 52.7 Å². The number of ether oxygens (including phenoxy) is 1. The highest BCUT2D eigenvalue weighted by Crippen LogP contribution is 2.37. The van der Waals surface area contributed by atoms with Crippen LogP contribution in [0.15, 0.2) is 36.5 Å². The molecule has 5 rings (SSSR count). The fourth-order valence-corrected chi connectivity index (χ4v) is 4.86. The van der Waals surface area contributed by atoms with Crippen molar-refractivity contribution >= 4 is 27.5 Å². The second kappa shape index (κ2) is 8.32. The molecule has 1 fully saturated rings. The molecule has 0 bridgehead atoms. The maximum atomic E-state index is 14.6. The number of terminal acetylenes is 1. The van der Waals surface area contributed by atoms with Gasteiger partial charge in [0.25, 0.3) is 0 Å². The Hall–Kier alpha value is -3.72. The molecule has 1 atom stereocenters. The van der Waals surface area contributed by atoms with Gasteiger partial charge >= 0.3 is 6.01 Å². The van der Waals surface area contributed by atoms with Gasteiger partial charge in [-0.2, -0.15) is 9.97 Å². The van der Waals surface area contributed by atoms with Gasteiger partial charge in [0.15, 0.2) is 0 Å². The molecule has 0 N–H and O–H groups in total. The highest BCUT2D eigenvalue weighted by atomic mass is 19.1. The molecule has 2 aromatic heterocycles. The van der Waals surface area contributed by atoms with Crippen molar-refractivity contribution < 1.29 is 9.13 Å². The molecular weight excluding hydrogens is 415 g/mol. The summed E-state index contributed by atoms with van der Waals surface area (Å²) in [6.07, 6.45) is 9.85. The van der Waals surface area contributed by atoms with E-state index >= 15 is 0 Å². The number of fused-ring (bicyclic) bond motifs is 2. The van der Waals surface area contributed by atoms with Crippen molar-refractivity contribution in [2.75, 3.05) is 25.1 Å². The first-order chi connectivity index (χ1) is 16.0. The van der Waals surface area contributed by atoms with Crippen LogP contribution in [0.1, 0.15) is 30.9 Å². The van der Waals surface area contributed by atoms with Crippen LogP contribution in [0.4, 0.5) is 10.2 Å². The number of aryl methyl sites for hydroxylation is 1. The molecule has 1 aliphatic rings. The van der Waals surface area contributed by atoms with E-state index in [0.29, 0.717) is 23.0 Å². The Morgan fingerprint density at radius 3 is 2.82 bits per heavy atom. The molecule has 4 aromatic rings.